The first-order chi connectivity index (χ1) is 13.4. The van der Waals surface area contributed by atoms with Crippen LogP contribution in [-0.4, -0.2) is 24.0 Å². The predicted molar refractivity (Wildman–Crippen MR) is 109 cm³/mol. The second kappa shape index (κ2) is 10.1. The van der Waals surface area contributed by atoms with Gasteiger partial charge in [0.15, 0.2) is 11.5 Å². The molecule has 0 saturated carbocycles. The van der Waals surface area contributed by atoms with Crippen LogP contribution in [0.1, 0.15) is 37.0 Å². The van der Waals surface area contributed by atoms with Crippen LogP contribution in [-0.2, 0) is 0 Å². The van der Waals surface area contributed by atoms with Gasteiger partial charge in [0.2, 0.25) is 0 Å². The van der Waals surface area contributed by atoms with E-state index in [0.29, 0.717) is 24.0 Å². The topological polar surface area (TPSA) is 90.7 Å². The van der Waals surface area contributed by atoms with Crippen molar-refractivity contribution in [2.75, 3.05) is 18.5 Å². The number of nitro groups is 1. The van der Waals surface area contributed by atoms with E-state index >= 15 is 0 Å². The molecule has 0 aliphatic carbocycles. The Morgan fingerprint density at radius 1 is 1.07 bits per heavy atom. The Hall–Kier alpha value is -2.51. The van der Waals surface area contributed by atoms with E-state index in [0.717, 1.165) is 12.8 Å². The summed E-state index contributed by atoms with van der Waals surface area (Å²) in [6, 6.07) is 7.01. The third-order valence-electron chi connectivity index (χ3n) is 3.61. The molecule has 0 bridgehead atoms. The molecule has 9 heteroatoms. The largest absolute Gasteiger partial charge is 0.490 e. The zero-order valence-electron chi connectivity index (χ0n) is 15.5. The number of carbonyl (C=O) groups excluding carboxylic acids is 1. The zero-order valence-corrected chi connectivity index (χ0v) is 17.0. The molecule has 0 unspecified atom stereocenters. The van der Waals surface area contributed by atoms with Crippen LogP contribution in [0.5, 0.6) is 11.5 Å². The summed E-state index contributed by atoms with van der Waals surface area (Å²) in [4.78, 5) is 23.5. The van der Waals surface area contributed by atoms with Crippen molar-refractivity contribution < 1.29 is 19.2 Å². The van der Waals surface area contributed by atoms with Crippen LogP contribution in [0.4, 0.5) is 11.4 Å². The lowest BCUT2D eigenvalue weighted by atomic mass is 10.2. The molecular formula is C19H20Cl2N2O5. The first-order valence-electron chi connectivity index (χ1n) is 8.71. The molecule has 2 aromatic rings. The summed E-state index contributed by atoms with van der Waals surface area (Å²) in [6.45, 7) is 4.64. The second-order valence-corrected chi connectivity index (χ2v) is 6.69. The Labute approximate surface area is 172 Å². The minimum absolute atomic E-state index is 0.0176. The van der Waals surface area contributed by atoms with Gasteiger partial charge in [-0.2, -0.15) is 0 Å². The lowest BCUT2D eigenvalue weighted by Gasteiger charge is -2.15. The fourth-order valence-corrected chi connectivity index (χ4v) is 2.81. The normalized spacial score (nSPS) is 10.4. The average molecular weight is 427 g/mol. The van der Waals surface area contributed by atoms with Crippen LogP contribution in [0.3, 0.4) is 0 Å². The molecule has 0 aliphatic rings. The fourth-order valence-electron chi connectivity index (χ4n) is 2.31. The second-order valence-electron chi connectivity index (χ2n) is 5.85. The van der Waals surface area contributed by atoms with Crippen LogP contribution < -0.4 is 14.8 Å². The van der Waals surface area contributed by atoms with E-state index in [9.17, 15) is 14.9 Å². The highest BCUT2D eigenvalue weighted by molar-refractivity contribution is 6.37. The number of carbonyl (C=O) groups is 1. The number of rotatable bonds is 9. The van der Waals surface area contributed by atoms with Crippen molar-refractivity contribution in [2.45, 2.75) is 26.7 Å². The van der Waals surface area contributed by atoms with E-state index in [-0.39, 0.29) is 27.7 Å². The molecule has 1 amide bonds. The molecule has 0 aromatic heterocycles. The minimum atomic E-state index is -0.603. The molecular weight excluding hydrogens is 407 g/mol. The van der Waals surface area contributed by atoms with Gasteiger partial charge in [0.25, 0.3) is 11.6 Å². The number of amides is 1. The smallest absolute Gasteiger partial charge is 0.296 e. The summed E-state index contributed by atoms with van der Waals surface area (Å²) < 4.78 is 11.2. The van der Waals surface area contributed by atoms with Crippen LogP contribution in [0, 0.1) is 10.1 Å². The molecule has 0 radical (unpaired) electrons. The summed E-state index contributed by atoms with van der Waals surface area (Å²) in [5, 5.41) is 14.6. The van der Waals surface area contributed by atoms with Gasteiger partial charge >= 0.3 is 0 Å². The van der Waals surface area contributed by atoms with Crippen molar-refractivity contribution in [3.8, 4) is 11.5 Å². The fraction of sp³-hybridized carbons (Fsp3) is 0.316. The standard InChI is InChI=1S/C19H20Cl2N2O5/c1-3-7-27-17-10-15(16(23(25)26)11-18(17)28-8-4-2)22-19(24)13-6-5-12(20)9-14(13)21/h5-6,9-11H,3-4,7-8H2,1-2H3,(H,22,24). The van der Waals surface area contributed by atoms with E-state index in [1.54, 1.807) is 0 Å². The molecule has 150 valence electrons. The summed E-state index contributed by atoms with van der Waals surface area (Å²) in [7, 11) is 0. The Bertz CT molecular complexity index is 874. The monoisotopic (exact) mass is 426 g/mol. The van der Waals surface area contributed by atoms with Crippen molar-refractivity contribution in [3.63, 3.8) is 0 Å². The maximum Gasteiger partial charge on any atom is 0.296 e. The summed E-state index contributed by atoms with van der Waals surface area (Å²) in [6.07, 6.45) is 1.47. The van der Waals surface area contributed by atoms with Gasteiger partial charge in [-0.05, 0) is 31.0 Å². The Morgan fingerprint density at radius 3 is 2.21 bits per heavy atom. The summed E-state index contributed by atoms with van der Waals surface area (Å²) in [5.74, 6) is -0.0311. The molecule has 1 N–H and O–H groups in total. The Kier molecular flexibility index (Phi) is 7.90. The van der Waals surface area contributed by atoms with E-state index in [1.807, 2.05) is 13.8 Å². The molecule has 0 saturated heterocycles. The number of hydrogen-bond donors (Lipinski definition) is 1. The lowest BCUT2D eigenvalue weighted by Crippen LogP contribution is -2.14. The van der Waals surface area contributed by atoms with Crippen molar-refractivity contribution in [2.24, 2.45) is 0 Å². The van der Waals surface area contributed by atoms with E-state index in [1.165, 1.54) is 30.3 Å². The van der Waals surface area contributed by atoms with E-state index < -0.39 is 10.8 Å². The van der Waals surface area contributed by atoms with Gasteiger partial charge in [0.1, 0.15) is 5.69 Å². The van der Waals surface area contributed by atoms with Gasteiger partial charge in [-0.15, -0.1) is 0 Å². The number of ether oxygens (including phenoxy) is 2. The zero-order chi connectivity index (χ0) is 20.7. The maximum atomic E-state index is 12.6. The number of nitrogens with one attached hydrogen (secondary N) is 1. The number of halogens is 2. The molecule has 0 spiro atoms. The molecule has 28 heavy (non-hydrogen) atoms. The van der Waals surface area contributed by atoms with Gasteiger partial charge in [-0.1, -0.05) is 37.0 Å². The van der Waals surface area contributed by atoms with E-state index in [4.69, 9.17) is 32.7 Å². The van der Waals surface area contributed by atoms with Crippen LogP contribution in [0.15, 0.2) is 30.3 Å². The Balaban J connectivity index is 2.42. The number of hydrogen-bond acceptors (Lipinski definition) is 5. The third-order valence-corrected chi connectivity index (χ3v) is 4.15. The van der Waals surface area contributed by atoms with E-state index in [2.05, 4.69) is 5.32 Å². The van der Waals surface area contributed by atoms with Crippen molar-refractivity contribution in [3.05, 3.63) is 56.1 Å². The molecule has 0 aliphatic heterocycles. The molecule has 2 aromatic carbocycles. The van der Waals surface area contributed by atoms with Gasteiger partial charge in [-0.3, -0.25) is 14.9 Å². The molecule has 7 nitrogen and oxygen atoms in total. The van der Waals surface area contributed by atoms with Gasteiger partial charge < -0.3 is 14.8 Å². The minimum Gasteiger partial charge on any atom is -0.490 e. The lowest BCUT2D eigenvalue weighted by molar-refractivity contribution is -0.384. The van der Waals surface area contributed by atoms with Gasteiger partial charge in [0.05, 0.1) is 34.8 Å². The first-order valence-corrected chi connectivity index (χ1v) is 9.47. The van der Waals surface area contributed by atoms with Gasteiger partial charge in [-0.25, -0.2) is 0 Å². The maximum absolute atomic E-state index is 12.6. The van der Waals surface area contributed by atoms with Crippen LogP contribution in [0.2, 0.25) is 10.0 Å². The third kappa shape index (κ3) is 5.50. The first kappa shape index (κ1) is 21.8. The number of anilines is 1. The average Bonchev–Trinajstić information content (AvgIpc) is 2.64. The number of benzene rings is 2. The SMILES string of the molecule is CCCOc1cc(NC(=O)c2ccc(Cl)cc2Cl)c([N+](=O)[O-])cc1OCCC. The molecule has 0 fully saturated rings. The molecule has 2 rings (SSSR count). The highest BCUT2D eigenvalue weighted by atomic mass is 35.5. The Morgan fingerprint density at radius 2 is 1.68 bits per heavy atom. The summed E-state index contributed by atoms with van der Waals surface area (Å²) in [5.41, 5.74) is -0.188. The highest BCUT2D eigenvalue weighted by Crippen LogP contribution is 2.38. The van der Waals surface area contributed by atoms with Crippen molar-refractivity contribution in [1.29, 1.82) is 0 Å². The molecule has 0 heterocycles. The van der Waals surface area contributed by atoms with Crippen molar-refractivity contribution in [1.82, 2.24) is 0 Å². The quantitative estimate of drug-likeness (QED) is 0.408. The predicted octanol–water partition coefficient (Wildman–Crippen LogP) is 5.73. The van der Waals surface area contributed by atoms with Gasteiger partial charge in [0, 0.05) is 11.1 Å². The highest BCUT2D eigenvalue weighted by Gasteiger charge is 2.23. The van der Waals surface area contributed by atoms with Crippen molar-refractivity contribution >= 4 is 40.5 Å². The number of nitrogens with zero attached hydrogens (tertiary/aromatic N) is 1. The van der Waals surface area contributed by atoms with Crippen LogP contribution >= 0.6 is 23.2 Å². The summed E-state index contributed by atoms with van der Waals surface area (Å²) >= 11 is 11.9. The number of nitro benzene ring substituents is 1. The molecule has 0 atom stereocenters. The van der Waals surface area contributed by atoms with Crippen LogP contribution in [0.25, 0.3) is 0 Å².